The lowest BCUT2D eigenvalue weighted by molar-refractivity contribution is 0.0574. The molecule has 1 atom stereocenters. The SMILES string of the molecule is Cc1cc(C(=O)N2Cc3nccn3C[C@H]2c2ccccc2)no1. The molecule has 116 valence electrons. The number of aryl methyl sites for hydroxylation is 1. The average molecular weight is 308 g/mol. The molecular weight excluding hydrogens is 292 g/mol. The zero-order valence-electron chi connectivity index (χ0n) is 12.7. The number of hydrogen-bond acceptors (Lipinski definition) is 4. The highest BCUT2D eigenvalue weighted by Gasteiger charge is 2.33. The number of benzene rings is 1. The van der Waals surface area contributed by atoms with E-state index in [1.807, 2.05) is 41.4 Å². The molecule has 3 aromatic rings. The number of hydrogen-bond donors (Lipinski definition) is 0. The van der Waals surface area contributed by atoms with Crippen molar-refractivity contribution in [1.82, 2.24) is 19.6 Å². The van der Waals surface area contributed by atoms with E-state index >= 15 is 0 Å². The van der Waals surface area contributed by atoms with Crippen molar-refractivity contribution in [3.8, 4) is 0 Å². The topological polar surface area (TPSA) is 64.2 Å². The van der Waals surface area contributed by atoms with Crippen LogP contribution in [0.25, 0.3) is 0 Å². The highest BCUT2D eigenvalue weighted by molar-refractivity contribution is 5.92. The molecule has 3 heterocycles. The van der Waals surface area contributed by atoms with Crippen molar-refractivity contribution in [1.29, 1.82) is 0 Å². The molecule has 0 spiro atoms. The molecule has 1 amide bonds. The van der Waals surface area contributed by atoms with E-state index in [4.69, 9.17) is 4.52 Å². The Labute approximate surface area is 133 Å². The molecule has 0 saturated heterocycles. The first-order valence-electron chi connectivity index (χ1n) is 7.51. The Kier molecular flexibility index (Phi) is 3.22. The summed E-state index contributed by atoms with van der Waals surface area (Å²) in [6.07, 6.45) is 3.72. The fraction of sp³-hybridized carbons (Fsp3) is 0.235. The fourth-order valence-corrected chi connectivity index (χ4v) is 2.99. The Balaban J connectivity index is 1.73. The van der Waals surface area contributed by atoms with Crippen LogP contribution in [0.1, 0.15) is 33.7 Å². The standard InChI is InChI=1S/C17H16N4O2/c1-12-9-14(19-23-12)17(22)21-11-16-18-7-8-20(16)10-15(21)13-5-3-2-4-6-13/h2-9,15H,10-11H2,1H3/t15-/m0/s1. The van der Waals surface area contributed by atoms with Crippen LogP contribution in [0.2, 0.25) is 0 Å². The fourth-order valence-electron chi connectivity index (χ4n) is 2.99. The summed E-state index contributed by atoms with van der Waals surface area (Å²) in [5.74, 6) is 1.37. The van der Waals surface area contributed by atoms with Crippen molar-refractivity contribution in [3.05, 3.63) is 71.6 Å². The number of amides is 1. The van der Waals surface area contributed by atoms with E-state index in [1.54, 1.807) is 19.2 Å². The second kappa shape index (κ2) is 5.39. The molecular formula is C17H16N4O2. The molecule has 1 aliphatic rings. The molecule has 1 aliphatic heterocycles. The van der Waals surface area contributed by atoms with Crippen LogP contribution in [0.3, 0.4) is 0 Å². The van der Waals surface area contributed by atoms with Gasteiger partial charge in [0.15, 0.2) is 5.69 Å². The van der Waals surface area contributed by atoms with Crippen LogP contribution in [0, 0.1) is 6.92 Å². The van der Waals surface area contributed by atoms with Crippen molar-refractivity contribution in [2.24, 2.45) is 0 Å². The van der Waals surface area contributed by atoms with E-state index in [9.17, 15) is 4.79 Å². The zero-order chi connectivity index (χ0) is 15.8. The molecule has 0 saturated carbocycles. The molecule has 0 fully saturated rings. The van der Waals surface area contributed by atoms with Crippen molar-refractivity contribution < 1.29 is 9.32 Å². The summed E-state index contributed by atoms with van der Waals surface area (Å²) in [5, 5.41) is 3.87. The maximum Gasteiger partial charge on any atom is 0.277 e. The molecule has 0 N–H and O–H groups in total. The summed E-state index contributed by atoms with van der Waals surface area (Å²) in [5.41, 5.74) is 1.43. The second-order valence-electron chi connectivity index (χ2n) is 5.68. The van der Waals surface area contributed by atoms with E-state index in [0.717, 1.165) is 11.4 Å². The van der Waals surface area contributed by atoms with Gasteiger partial charge in [0.25, 0.3) is 5.91 Å². The summed E-state index contributed by atoms with van der Waals surface area (Å²) in [6.45, 7) is 2.92. The van der Waals surface area contributed by atoms with Crippen molar-refractivity contribution in [2.45, 2.75) is 26.1 Å². The molecule has 0 aliphatic carbocycles. The van der Waals surface area contributed by atoms with Gasteiger partial charge in [0.2, 0.25) is 0 Å². The van der Waals surface area contributed by atoms with Gasteiger partial charge in [-0.1, -0.05) is 35.5 Å². The summed E-state index contributed by atoms with van der Waals surface area (Å²) >= 11 is 0. The largest absolute Gasteiger partial charge is 0.361 e. The van der Waals surface area contributed by atoms with E-state index in [-0.39, 0.29) is 11.9 Å². The monoisotopic (exact) mass is 308 g/mol. The third kappa shape index (κ3) is 2.42. The zero-order valence-corrected chi connectivity index (χ0v) is 12.7. The van der Waals surface area contributed by atoms with Gasteiger partial charge in [-0.05, 0) is 12.5 Å². The Morgan fingerprint density at radius 2 is 2.13 bits per heavy atom. The first kappa shape index (κ1) is 13.8. The molecule has 0 radical (unpaired) electrons. The number of aromatic nitrogens is 3. The number of imidazole rings is 1. The maximum absolute atomic E-state index is 12.9. The van der Waals surface area contributed by atoms with Crippen LogP contribution < -0.4 is 0 Å². The molecule has 0 unspecified atom stereocenters. The van der Waals surface area contributed by atoms with Crippen LogP contribution in [0.4, 0.5) is 0 Å². The summed E-state index contributed by atoms with van der Waals surface area (Å²) < 4.78 is 7.15. The minimum atomic E-state index is -0.134. The first-order valence-corrected chi connectivity index (χ1v) is 7.51. The predicted octanol–water partition coefficient (Wildman–Crippen LogP) is 2.58. The number of rotatable bonds is 2. The quantitative estimate of drug-likeness (QED) is 0.730. The van der Waals surface area contributed by atoms with Crippen molar-refractivity contribution >= 4 is 5.91 Å². The number of carbonyl (C=O) groups excluding carboxylic acids is 1. The van der Waals surface area contributed by atoms with Crippen LogP contribution in [0.15, 0.2) is 53.3 Å². The van der Waals surface area contributed by atoms with Gasteiger partial charge in [-0.2, -0.15) is 0 Å². The van der Waals surface area contributed by atoms with E-state index in [1.165, 1.54) is 0 Å². The van der Waals surface area contributed by atoms with Crippen molar-refractivity contribution in [3.63, 3.8) is 0 Å². The number of carbonyl (C=O) groups is 1. The van der Waals surface area contributed by atoms with Crippen LogP contribution in [0.5, 0.6) is 0 Å². The van der Waals surface area contributed by atoms with Gasteiger partial charge in [-0.3, -0.25) is 4.79 Å². The second-order valence-corrected chi connectivity index (χ2v) is 5.68. The van der Waals surface area contributed by atoms with Gasteiger partial charge in [0.1, 0.15) is 11.6 Å². The number of fused-ring (bicyclic) bond motifs is 1. The lowest BCUT2D eigenvalue weighted by Gasteiger charge is -2.36. The summed E-state index contributed by atoms with van der Waals surface area (Å²) in [4.78, 5) is 19.1. The molecule has 23 heavy (non-hydrogen) atoms. The molecule has 1 aromatic carbocycles. The molecule has 2 aromatic heterocycles. The Morgan fingerprint density at radius 3 is 2.87 bits per heavy atom. The lowest BCUT2D eigenvalue weighted by Crippen LogP contribution is -2.41. The molecule has 0 bridgehead atoms. The minimum absolute atomic E-state index is 0.0533. The normalized spacial score (nSPS) is 17.1. The smallest absolute Gasteiger partial charge is 0.277 e. The van der Waals surface area contributed by atoms with Crippen LogP contribution >= 0.6 is 0 Å². The van der Waals surface area contributed by atoms with Gasteiger partial charge in [0, 0.05) is 25.0 Å². The van der Waals surface area contributed by atoms with Crippen molar-refractivity contribution in [2.75, 3.05) is 0 Å². The highest BCUT2D eigenvalue weighted by atomic mass is 16.5. The summed E-state index contributed by atoms with van der Waals surface area (Å²) in [6, 6.07) is 11.7. The molecule has 6 nitrogen and oxygen atoms in total. The van der Waals surface area contributed by atoms with Gasteiger partial charge in [0.05, 0.1) is 12.6 Å². The molecule has 6 heteroatoms. The minimum Gasteiger partial charge on any atom is -0.361 e. The van der Waals surface area contributed by atoms with Gasteiger partial charge < -0.3 is 14.0 Å². The highest BCUT2D eigenvalue weighted by Crippen LogP contribution is 2.30. The third-order valence-corrected chi connectivity index (χ3v) is 4.15. The molecule has 4 rings (SSSR count). The van der Waals surface area contributed by atoms with E-state index in [0.29, 0.717) is 24.5 Å². The van der Waals surface area contributed by atoms with E-state index in [2.05, 4.69) is 14.7 Å². The Morgan fingerprint density at radius 1 is 1.30 bits per heavy atom. The van der Waals surface area contributed by atoms with Crippen LogP contribution in [-0.2, 0) is 13.1 Å². The summed E-state index contributed by atoms with van der Waals surface area (Å²) in [7, 11) is 0. The third-order valence-electron chi connectivity index (χ3n) is 4.15. The lowest BCUT2D eigenvalue weighted by atomic mass is 10.0. The van der Waals surface area contributed by atoms with Gasteiger partial charge in [-0.15, -0.1) is 0 Å². The first-order chi connectivity index (χ1) is 11.2. The predicted molar refractivity (Wildman–Crippen MR) is 82.5 cm³/mol. The van der Waals surface area contributed by atoms with Crippen LogP contribution in [-0.4, -0.2) is 25.5 Å². The Bertz CT molecular complexity index is 837. The number of nitrogens with zero attached hydrogens (tertiary/aromatic N) is 4. The van der Waals surface area contributed by atoms with Gasteiger partial charge >= 0.3 is 0 Å². The van der Waals surface area contributed by atoms with E-state index < -0.39 is 0 Å². The average Bonchev–Trinajstić information content (AvgIpc) is 3.22. The van der Waals surface area contributed by atoms with Gasteiger partial charge in [-0.25, -0.2) is 4.98 Å². The maximum atomic E-state index is 12.9. The Hall–Kier alpha value is -2.89.